The monoisotopic (exact) mass is 431 g/mol. The molecule has 0 aromatic rings. The first kappa shape index (κ1) is 21.3. The van der Waals surface area contributed by atoms with E-state index in [0.717, 1.165) is 38.8 Å². The van der Waals surface area contributed by atoms with Crippen LogP contribution >= 0.6 is 11.8 Å². The summed E-state index contributed by atoms with van der Waals surface area (Å²) in [5.74, 6) is 1.18. The lowest BCUT2D eigenvalue weighted by Crippen LogP contribution is -2.57. The number of nitrogens with one attached hydrogen (secondary N) is 4. The van der Waals surface area contributed by atoms with Gasteiger partial charge >= 0.3 is 0 Å². The van der Waals surface area contributed by atoms with E-state index in [1.165, 1.54) is 6.42 Å². The summed E-state index contributed by atoms with van der Waals surface area (Å²) in [5.41, 5.74) is 3.38. The van der Waals surface area contributed by atoms with Crippen molar-refractivity contribution in [1.29, 1.82) is 0 Å². The van der Waals surface area contributed by atoms with Crippen LogP contribution in [0.15, 0.2) is 0 Å². The van der Waals surface area contributed by atoms with Gasteiger partial charge in [0, 0.05) is 50.1 Å². The number of rotatable bonds is 5. The molecule has 0 spiro atoms. The molecule has 3 aliphatic heterocycles. The molecular weight excluding hydrogens is 394 g/mol. The molecule has 7 nitrogen and oxygen atoms in total. The molecule has 3 saturated heterocycles. The molecule has 3 heterocycles. The van der Waals surface area contributed by atoms with E-state index in [2.05, 4.69) is 39.6 Å². The maximum atomic E-state index is 13.1. The van der Waals surface area contributed by atoms with Gasteiger partial charge in [0.1, 0.15) is 0 Å². The highest BCUT2D eigenvalue weighted by Gasteiger charge is 2.43. The van der Waals surface area contributed by atoms with Crippen LogP contribution in [0.1, 0.15) is 46.0 Å². The van der Waals surface area contributed by atoms with Crippen molar-refractivity contribution >= 4 is 21.8 Å². The van der Waals surface area contributed by atoms with Crippen LogP contribution in [0, 0.1) is 11.8 Å². The molecule has 1 aliphatic carbocycles. The van der Waals surface area contributed by atoms with Crippen LogP contribution in [0.25, 0.3) is 0 Å². The summed E-state index contributed by atoms with van der Waals surface area (Å²) in [4.78, 5) is 0. The number of likely N-dealkylation sites (N-methyl/N-ethyl adjacent to an activating group) is 1. The molecule has 4 rings (SSSR count). The van der Waals surface area contributed by atoms with Crippen molar-refractivity contribution in [3.8, 4) is 0 Å². The van der Waals surface area contributed by atoms with E-state index < -0.39 is 10.0 Å². The van der Waals surface area contributed by atoms with Crippen molar-refractivity contribution in [2.45, 2.75) is 80.0 Å². The van der Waals surface area contributed by atoms with Gasteiger partial charge in [-0.3, -0.25) is 5.43 Å². The number of sulfonamides is 1. The fourth-order valence-electron chi connectivity index (χ4n) is 5.46. The van der Waals surface area contributed by atoms with E-state index in [1.807, 2.05) is 18.8 Å². The van der Waals surface area contributed by atoms with E-state index in [0.29, 0.717) is 35.0 Å². The van der Waals surface area contributed by atoms with Crippen LogP contribution in [-0.4, -0.2) is 74.1 Å². The molecule has 4 N–H and O–H groups in total. The van der Waals surface area contributed by atoms with Crippen molar-refractivity contribution in [2.75, 3.05) is 26.7 Å². The third-order valence-electron chi connectivity index (χ3n) is 7.09. The minimum Gasteiger partial charge on any atom is -0.311 e. The summed E-state index contributed by atoms with van der Waals surface area (Å²) in [6.45, 7) is 7.06. The molecular formula is C19H37N5O2S2. The number of thioether (sulfide) groups is 1. The van der Waals surface area contributed by atoms with E-state index in [4.69, 9.17) is 0 Å². The molecule has 4 fully saturated rings. The molecule has 28 heavy (non-hydrogen) atoms. The molecule has 7 atom stereocenters. The summed E-state index contributed by atoms with van der Waals surface area (Å²) in [6, 6.07) is 0.724. The molecule has 0 aromatic heterocycles. The minimum atomic E-state index is -3.31. The number of hydrogen-bond acceptors (Lipinski definition) is 7. The first-order valence-electron chi connectivity index (χ1n) is 10.9. The highest BCUT2D eigenvalue weighted by molar-refractivity contribution is 8.00. The van der Waals surface area contributed by atoms with Crippen molar-refractivity contribution in [2.24, 2.45) is 11.8 Å². The fraction of sp³-hybridized carbons (Fsp3) is 1.00. The fourth-order valence-corrected chi connectivity index (χ4v) is 8.59. The number of hydrazine groups is 1. The zero-order valence-electron chi connectivity index (χ0n) is 17.4. The first-order valence-corrected chi connectivity index (χ1v) is 13.4. The Morgan fingerprint density at radius 3 is 2.57 bits per heavy atom. The third-order valence-corrected chi connectivity index (χ3v) is 10.9. The van der Waals surface area contributed by atoms with Crippen molar-refractivity contribution in [1.82, 2.24) is 25.8 Å². The van der Waals surface area contributed by atoms with Gasteiger partial charge in [-0.15, -0.1) is 11.8 Å². The van der Waals surface area contributed by atoms with Crippen molar-refractivity contribution in [3.63, 3.8) is 0 Å². The van der Waals surface area contributed by atoms with Crippen molar-refractivity contribution < 1.29 is 8.42 Å². The summed E-state index contributed by atoms with van der Waals surface area (Å²) in [6.07, 6.45) is 4.94. The Balaban J connectivity index is 1.31. The quantitative estimate of drug-likeness (QED) is 0.510. The molecule has 4 aliphatic rings. The largest absolute Gasteiger partial charge is 0.311 e. The van der Waals surface area contributed by atoms with Gasteiger partial charge in [-0.25, -0.2) is 18.1 Å². The summed E-state index contributed by atoms with van der Waals surface area (Å²) < 4.78 is 29.3. The second-order valence-electron chi connectivity index (χ2n) is 9.39. The molecule has 162 valence electrons. The van der Waals surface area contributed by atoms with Crippen LogP contribution in [0.2, 0.25) is 0 Å². The molecule has 9 heteroatoms. The smallest absolute Gasteiger partial charge is 0.216 e. The number of nitrogens with zero attached hydrogens (tertiary/aromatic N) is 1. The SMILES string of the molecule is CC(C)C1NCC(C2CCC(S(=O)(=O)NC3CCCC4CNN(C)C43)CN2)S1. The van der Waals surface area contributed by atoms with Gasteiger partial charge in [-0.05, 0) is 37.5 Å². The lowest BCUT2D eigenvalue weighted by atomic mass is 9.82. The van der Waals surface area contributed by atoms with E-state index in [9.17, 15) is 8.42 Å². The summed E-state index contributed by atoms with van der Waals surface area (Å²) in [5, 5.41) is 10.0. The zero-order valence-corrected chi connectivity index (χ0v) is 19.0. The molecule has 0 bridgehead atoms. The van der Waals surface area contributed by atoms with Crippen LogP contribution in [-0.2, 0) is 10.0 Å². The minimum absolute atomic E-state index is 0.0304. The van der Waals surface area contributed by atoms with Crippen LogP contribution < -0.4 is 20.8 Å². The van der Waals surface area contributed by atoms with Crippen LogP contribution in [0.5, 0.6) is 0 Å². The maximum absolute atomic E-state index is 13.1. The average Bonchev–Trinajstić information content (AvgIpc) is 3.30. The standard InChI is InChI=1S/C19H37N5O2S2/c1-12(2)19-21-11-17(27-19)15-8-7-14(10-20-15)28(25,26)23-16-6-4-5-13-9-22-24(3)18(13)16/h12-23H,4-11H2,1-3H3. The molecule has 0 aromatic carbocycles. The molecule has 1 saturated carbocycles. The normalized spacial score (nSPS) is 42.8. The Labute approximate surface area is 174 Å². The first-order chi connectivity index (χ1) is 13.3. The Kier molecular flexibility index (Phi) is 6.62. The highest BCUT2D eigenvalue weighted by atomic mass is 32.2. The van der Waals surface area contributed by atoms with Gasteiger partial charge in [0.2, 0.25) is 10.0 Å². The van der Waals surface area contributed by atoms with Gasteiger partial charge in [-0.2, -0.15) is 0 Å². The Bertz CT molecular complexity index is 636. The predicted molar refractivity (Wildman–Crippen MR) is 116 cm³/mol. The predicted octanol–water partition coefficient (Wildman–Crippen LogP) is 0.701. The van der Waals surface area contributed by atoms with Gasteiger partial charge in [0.25, 0.3) is 0 Å². The lowest BCUT2D eigenvalue weighted by molar-refractivity contribution is 0.151. The third kappa shape index (κ3) is 4.40. The second-order valence-corrected chi connectivity index (χ2v) is 12.8. The average molecular weight is 432 g/mol. The van der Waals surface area contributed by atoms with E-state index in [-0.39, 0.29) is 17.3 Å². The highest BCUT2D eigenvalue weighted by Crippen LogP contribution is 2.34. The zero-order chi connectivity index (χ0) is 19.9. The molecule has 0 radical (unpaired) electrons. The molecule has 0 amide bonds. The summed E-state index contributed by atoms with van der Waals surface area (Å²) >= 11 is 2.02. The number of fused-ring (bicyclic) bond motifs is 1. The summed E-state index contributed by atoms with van der Waals surface area (Å²) in [7, 11) is -1.26. The Morgan fingerprint density at radius 1 is 1.07 bits per heavy atom. The van der Waals surface area contributed by atoms with Crippen LogP contribution in [0.3, 0.4) is 0 Å². The van der Waals surface area contributed by atoms with E-state index >= 15 is 0 Å². The number of hydrogen-bond donors (Lipinski definition) is 4. The van der Waals surface area contributed by atoms with E-state index in [1.54, 1.807) is 0 Å². The maximum Gasteiger partial charge on any atom is 0.216 e. The molecule has 7 unspecified atom stereocenters. The lowest BCUT2D eigenvalue weighted by Gasteiger charge is -2.38. The topological polar surface area (TPSA) is 85.5 Å². The number of piperidine rings is 1. The van der Waals surface area contributed by atoms with Gasteiger partial charge in [0.05, 0.1) is 10.6 Å². The van der Waals surface area contributed by atoms with Gasteiger partial charge < -0.3 is 10.6 Å². The van der Waals surface area contributed by atoms with Crippen molar-refractivity contribution in [3.05, 3.63) is 0 Å². The van der Waals surface area contributed by atoms with Gasteiger partial charge in [0.15, 0.2) is 0 Å². The van der Waals surface area contributed by atoms with Crippen LogP contribution in [0.4, 0.5) is 0 Å². The second kappa shape index (κ2) is 8.69. The Hall–Kier alpha value is 0.1000. The Morgan fingerprint density at radius 2 is 1.89 bits per heavy atom. The van der Waals surface area contributed by atoms with Gasteiger partial charge in [-0.1, -0.05) is 20.3 Å².